The monoisotopic (exact) mass is 305 g/mol. The third-order valence-corrected chi connectivity index (χ3v) is 4.81. The molecular weight excluding hydrogens is 290 g/mol. The summed E-state index contributed by atoms with van der Waals surface area (Å²) < 4.78 is 0. The highest BCUT2D eigenvalue weighted by Gasteiger charge is 2.37. The Labute approximate surface area is 135 Å². The van der Waals surface area contributed by atoms with Gasteiger partial charge in [0.2, 0.25) is 0 Å². The summed E-state index contributed by atoms with van der Waals surface area (Å²) in [6.45, 7) is 4.58. The molecule has 0 radical (unpaired) electrons. The third-order valence-electron chi connectivity index (χ3n) is 4.58. The minimum absolute atomic E-state index is 0.0240. The van der Waals surface area contributed by atoms with Crippen molar-refractivity contribution >= 4 is 11.6 Å². The Bertz CT molecular complexity index is 863. The second kappa shape index (κ2) is 4.69. The molecule has 3 aromatic rings. The topological polar surface area (TPSA) is 12.9 Å². The normalized spacial score (nSPS) is 14.5. The lowest BCUT2D eigenvalue weighted by Gasteiger charge is -2.24. The first-order valence-corrected chi connectivity index (χ1v) is 7.82. The minimum Gasteiger partial charge on any atom is -0.255 e. The third kappa shape index (κ3) is 1.82. The number of aromatic nitrogens is 1. The summed E-state index contributed by atoms with van der Waals surface area (Å²) >= 11 is 5.98. The van der Waals surface area contributed by atoms with Gasteiger partial charge in [0.25, 0.3) is 0 Å². The Kier molecular flexibility index (Phi) is 2.88. The Morgan fingerprint density at radius 3 is 2.32 bits per heavy atom. The highest BCUT2D eigenvalue weighted by atomic mass is 35.5. The van der Waals surface area contributed by atoms with Crippen molar-refractivity contribution in [2.75, 3.05) is 0 Å². The number of hydrogen-bond donors (Lipinski definition) is 0. The standard InChI is InChI=1S/C20H16ClN/c1-20(2)17-9-4-3-6-14(17)15-7-5-8-16(19(15)20)18-11-10-13(21)12-22-18/h3-12H,1-2H3. The van der Waals surface area contributed by atoms with E-state index < -0.39 is 0 Å². The van der Waals surface area contributed by atoms with Gasteiger partial charge < -0.3 is 0 Å². The molecule has 1 aliphatic rings. The van der Waals surface area contributed by atoms with Crippen molar-refractivity contribution in [3.63, 3.8) is 0 Å². The summed E-state index contributed by atoms with van der Waals surface area (Å²) in [4.78, 5) is 4.52. The molecule has 0 atom stereocenters. The van der Waals surface area contributed by atoms with E-state index in [1.165, 1.54) is 27.8 Å². The van der Waals surface area contributed by atoms with Crippen LogP contribution in [0.25, 0.3) is 22.4 Å². The Hall–Kier alpha value is -2.12. The first-order valence-electron chi connectivity index (χ1n) is 7.44. The lowest BCUT2D eigenvalue weighted by molar-refractivity contribution is 0.662. The molecule has 0 saturated carbocycles. The van der Waals surface area contributed by atoms with Gasteiger partial charge in [-0.1, -0.05) is 67.9 Å². The molecule has 1 heterocycles. The van der Waals surface area contributed by atoms with E-state index in [9.17, 15) is 0 Å². The molecule has 0 spiro atoms. The molecule has 1 aromatic heterocycles. The molecule has 0 fully saturated rings. The minimum atomic E-state index is -0.0240. The van der Waals surface area contributed by atoms with E-state index in [4.69, 9.17) is 11.6 Å². The summed E-state index contributed by atoms with van der Waals surface area (Å²) in [7, 11) is 0. The van der Waals surface area contributed by atoms with Gasteiger partial charge >= 0.3 is 0 Å². The molecule has 0 amide bonds. The van der Waals surface area contributed by atoms with Crippen LogP contribution in [0.15, 0.2) is 60.8 Å². The predicted molar refractivity (Wildman–Crippen MR) is 92.2 cm³/mol. The van der Waals surface area contributed by atoms with Gasteiger partial charge in [-0.15, -0.1) is 0 Å². The van der Waals surface area contributed by atoms with Crippen LogP contribution in [0.2, 0.25) is 5.02 Å². The van der Waals surface area contributed by atoms with Crippen LogP contribution in [-0.4, -0.2) is 4.98 Å². The first-order chi connectivity index (χ1) is 10.6. The van der Waals surface area contributed by atoms with Crippen LogP contribution in [0.1, 0.15) is 25.0 Å². The smallest absolute Gasteiger partial charge is 0.0706 e. The van der Waals surface area contributed by atoms with Crippen LogP contribution >= 0.6 is 11.6 Å². The van der Waals surface area contributed by atoms with E-state index in [-0.39, 0.29) is 5.41 Å². The first kappa shape index (κ1) is 13.5. The van der Waals surface area contributed by atoms with Crippen molar-refractivity contribution < 1.29 is 0 Å². The van der Waals surface area contributed by atoms with E-state index in [1.807, 2.05) is 12.1 Å². The number of rotatable bonds is 1. The van der Waals surface area contributed by atoms with Crippen molar-refractivity contribution in [1.82, 2.24) is 4.98 Å². The predicted octanol–water partition coefficient (Wildman–Crippen LogP) is 5.71. The Morgan fingerprint density at radius 2 is 1.55 bits per heavy atom. The molecule has 1 nitrogen and oxygen atoms in total. The highest BCUT2D eigenvalue weighted by Crippen LogP contribution is 2.51. The zero-order valence-corrected chi connectivity index (χ0v) is 13.4. The van der Waals surface area contributed by atoms with E-state index in [0.717, 1.165) is 5.69 Å². The Balaban J connectivity index is 2.02. The van der Waals surface area contributed by atoms with E-state index in [1.54, 1.807) is 6.20 Å². The zero-order valence-electron chi connectivity index (χ0n) is 12.6. The summed E-state index contributed by atoms with van der Waals surface area (Å²) in [6.07, 6.45) is 1.71. The van der Waals surface area contributed by atoms with Crippen LogP contribution in [0.5, 0.6) is 0 Å². The van der Waals surface area contributed by atoms with Gasteiger partial charge in [0.1, 0.15) is 0 Å². The molecule has 22 heavy (non-hydrogen) atoms. The maximum absolute atomic E-state index is 5.98. The van der Waals surface area contributed by atoms with Crippen molar-refractivity contribution in [2.45, 2.75) is 19.3 Å². The fourth-order valence-corrected chi connectivity index (χ4v) is 3.71. The molecule has 0 N–H and O–H groups in total. The summed E-state index contributed by atoms with van der Waals surface area (Å²) in [5, 5.41) is 0.666. The summed E-state index contributed by atoms with van der Waals surface area (Å²) in [5.74, 6) is 0. The maximum Gasteiger partial charge on any atom is 0.0706 e. The van der Waals surface area contributed by atoms with E-state index in [2.05, 4.69) is 61.3 Å². The molecule has 2 heteroatoms. The quantitative estimate of drug-likeness (QED) is 0.561. The fraction of sp³-hybridized carbons (Fsp3) is 0.150. The number of hydrogen-bond acceptors (Lipinski definition) is 1. The Morgan fingerprint density at radius 1 is 0.818 bits per heavy atom. The van der Waals surface area contributed by atoms with E-state index in [0.29, 0.717) is 5.02 Å². The molecule has 108 valence electrons. The van der Waals surface area contributed by atoms with Crippen LogP contribution < -0.4 is 0 Å². The highest BCUT2D eigenvalue weighted by molar-refractivity contribution is 6.30. The molecule has 0 bridgehead atoms. The molecule has 1 aliphatic carbocycles. The van der Waals surface area contributed by atoms with Crippen LogP contribution in [-0.2, 0) is 5.41 Å². The van der Waals surface area contributed by atoms with Crippen molar-refractivity contribution in [3.8, 4) is 22.4 Å². The van der Waals surface area contributed by atoms with Crippen molar-refractivity contribution in [3.05, 3.63) is 76.9 Å². The average molecular weight is 306 g/mol. The largest absolute Gasteiger partial charge is 0.255 e. The lowest BCUT2D eigenvalue weighted by atomic mass is 9.79. The number of pyridine rings is 1. The van der Waals surface area contributed by atoms with Gasteiger partial charge in [-0.25, -0.2) is 0 Å². The van der Waals surface area contributed by atoms with Crippen LogP contribution in [0.4, 0.5) is 0 Å². The number of halogens is 1. The SMILES string of the molecule is CC1(C)c2ccccc2-c2cccc(-c3ccc(Cl)cn3)c21. The maximum atomic E-state index is 5.98. The number of fused-ring (bicyclic) bond motifs is 3. The molecule has 0 unspecified atom stereocenters. The second-order valence-electron chi connectivity index (χ2n) is 6.26. The van der Waals surface area contributed by atoms with Crippen molar-refractivity contribution in [1.29, 1.82) is 0 Å². The second-order valence-corrected chi connectivity index (χ2v) is 6.70. The van der Waals surface area contributed by atoms with Gasteiger partial charge in [0.05, 0.1) is 10.7 Å². The van der Waals surface area contributed by atoms with Gasteiger partial charge in [-0.2, -0.15) is 0 Å². The zero-order chi connectivity index (χ0) is 15.3. The van der Waals surface area contributed by atoms with Gasteiger partial charge in [0, 0.05) is 17.2 Å². The molecule has 2 aromatic carbocycles. The van der Waals surface area contributed by atoms with Gasteiger partial charge in [-0.3, -0.25) is 4.98 Å². The summed E-state index contributed by atoms with van der Waals surface area (Å²) in [5.41, 5.74) is 7.52. The number of benzene rings is 2. The van der Waals surface area contributed by atoms with Gasteiger partial charge in [0.15, 0.2) is 0 Å². The summed E-state index contributed by atoms with van der Waals surface area (Å²) in [6, 6.07) is 19.0. The molecule has 0 saturated heterocycles. The van der Waals surface area contributed by atoms with Crippen molar-refractivity contribution in [2.24, 2.45) is 0 Å². The van der Waals surface area contributed by atoms with Crippen LogP contribution in [0, 0.1) is 0 Å². The number of nitrogens with zero attached hydrogens (tertiary/aromatic N) is 1. The molecule has 0 aliphatic heterocycles. The lowest BCUT2D eigenvalue weighted by Crippen LogP contribution is -2.16. The van der Waals surface area contributed by atoms with Crippen LogP contribution in [0.3, 0.4) is 0 Å². The van der Waals surface area contributed by atoms with E-state index >= 15 is 0 Å². The molecule has 4 rings (SSSR count). The average Bonchev–Trinajstić information content (AvgIpc) is 2.77. The van der Waals surface area contributed by atoms with Gasteiger partial charge in [-0.05, 0) is 34.4 Å². The fourth-order valence-electron chi connectivity index (χ4n) is 3.60. The molecular formula is C20H16ClN.